The summed E-state index contributed by atoms with van der Waals surface area (Å²) in [6.07, 6.45) is 6.79. The minimum Gasteiger partial charge on any atom is -0.393 e. The molecule has 102 valence electrons. The van der Waals surface area contributed by atoms with Gasteiger partial charge >= 0.3 is 0 Å². The van der Waals surface area contributed by atoms with Crippen molar-refractivity contribution in [2.24, 2.45) is 11.3 Å². The van der Waals surface area contributed by atoms with Crippen molar-refractivity contribution in [2.75, 3.05) is 12.0 Å². The Bertz CT molecular complexity index is 333. The second-order valence-corrected chi connectivity index (χ2v) is 8.44. The summed E-state index contributed by atoms with van der Waals surface area (Å²) in [4.78, 5) is 0. The first-order chi connectivity index (χ1) is 7.72. The highest BCUT2D eigenvalue weighted by Gasteiger charge is 2.36. The molecule has 0 bridgehead atoms. The van der Waals surface area contributed by atoms with Gasteiger partial charge in [-0.1, -0.05) is 26.7 Å². The lowest BCUT2D eigenvalue weighted by Crippen LogP contribution is -2.37. The summed E-state index contributed by atoms with van der Waals surface area (Å²) in [5.74, 6) is 0.521. The van der Waals surface area contributed by atoms with Crippen molar-refractivity contribution in [1.29, 1.82) is 0 Å². The zero-order chi connectivity index (χ0) is 13.1. The maximum atomic E-state index is 11.0. The lowest BCUT2D eigenvalue weighted by Gasteiger charge is -2.41. The normalized spacial score (nSPS) is 26.7. The molecule has 1 N–H and O–H groups in total. The van der Waals surface area contributed by atoms with Gasteiger partial charge in [0.1, 0.15) is 9.84 Å². The molecule has 0 spiro atoms. The monoisotopic (exact) mass is 262 g/mol. The molecule has 2 unspecified atom stereocenters. The summed E-state index contributed by atoms with van der Waals surface area (Å²) in [5, 5.41) is 10.2. The van der Waals surface area contributed by atoms with Crippen LogP contribution in [0, 0.1) is 11.3 Å². The van der Waals surface area contributed by atoms with E-state index in [0.29, 0.717) is 18.8 Å². The Morgan fingerprint density at radius 1 is 1.35 bits per heavy atom. The highest BCUT2D eigenvalue weighted by Crippen LogP contribution is 2.43. The molecule has 0 aliphatic heterocycles. The van der Waals surface area contributed by atoms with E-state index in [1.54, 1.807) is 0 Å². The van der Waals surface area contributed by atoms with Crippen molar-refractivity contribution in [3.8, 4) is 0 Å². The van der Waals surface area contributed by atoms with Crippen LogP contribution in [0.2, 0.25) is 0 Å². The molecule has 0 aromatic rings. The molecule has 0 radical (unpaired) electrons. The zero-order valence-electron chi connectivity index (χ0n) is 11.3. The lowest BCUT2D eigenvalue weighted by molar-refractivity contribution is 0.000613. The van der Waals surface area contributed by atoms with Gasteiger partial charge in [-0.05, 0) is 37.0 Å². The zero-order valence-corrected chi connectivity index (χ0v) is 12.1. The van der Waals surface area contributed by atoms with Gasteiger partial charge in [0, 0.05) is 12.0 Å². The van der Waals surface area contributed by atoms with Gasteiger partial charge in [-0.25, -0.2) is 8.42 Å². The average Bonchev–Trinajstić information content (AvgIpc) is 2.14. The maximum absolute atomic E-state index is 11.0. The van der Waals surface area contributed by atoms with Crippen LogP contribution in [0.3, 0.4) is 0 Å². The van der Waals surface area contributed by atoms with E-state index in [2.05, 4.69) is 13.8 Å². The van der Waals surface area contributed by atoms with E-state index >= 15 is 0 Å². The Hall–Kier alpha value is -0.0900. The van der Waals surface area contributed by atoms with Gasteiger partial charge < -0.3 is 5.11 Å². The molecule has 4 heteroatoms. The summed E-state index contributed by atoms with van der Waals surface area (Å²) in [5.41, 5.74) is 0.197. The fourth-order valence-corrected chi connectivity index (χ4v) is 3.68. The van der Waals surface area contributed by atoms with Crippen LogP contribution in [0.5, 0.6) is 0 Å². The first-order valence-electron chi connectivity index (χ1n) is 6.58. The summed E-state index contributed by atoms with van der Waals surface area (Å²) in [6.45, 7) is 4.44. The SMILES string of the molecule is CC1(C)CCCCC1C(O)CCCS(C)(=O)=O. The summed E-state index contributed by atoms with van der Waals surface area (Å²) >= 11 is 0. The minimum absolute atomic E-state index is 0.192. The number of sulfone groups is 1. The first-order valence-corrected chi connectivity index (χ1v) is 8.64. The number of hydrogen-bond acceptors (Lipinski definition) is 3. The fraction of sp³-hybridized carbons (Fsp3) is 1.00. The molecule has 0 aromatic heterocycles. The molecular weight excluding hydrogens is 236 g/mol. The van der Waals surface area contributed by atoms with Crippen LogP contribution in [0.15, 0.2) is 0 Å². The van der Waals surface area contributed by atoms with Gasteiger partial charge in [0.15, 0.2) is 0 Å². The molecule has 0 aromatic carbocycles. The first kappa shape index (κ1) is 15.0. The van der Waals surface area contributed by atoms with Crippen molar-refractivity contribution < 1.29 is 13.5 Å². The molecular formula is C13H26O3S. The molecule has 1 aliphatic rings. The number of aliphatic hydroxyl groups excluding tert-OH is 1. The third-order valence-corrected chi connectivity index (χ3v) is 5.10. The highest BCUT2D eigenvalue weighted by atomic mass is 32.2. The quantitative estimate of drug-likeness (QED) is 0.827. The topological polar surface area (TPSA) is 54.4 Å². The van der Waals surface area contributed by atoms with Gasteiger partial charge in [-0.15, -0.1) is 0 Å². The minimum atomic E-state index is -2.89. The Balaban J connectivity index is 2.43. The number of rotatable bonds is 5. The Kier molecular flexibility index (Phi) is 5.02. The van der Waals surface area contributed by atoms with Crippen molar-refractivity contribution in [1.82, 2.24) is 0 Å². The van der Waals surface area contributed by atoms with Crippen molar-refractivity contribution in [3.63, 3.8) is 0 Å². The molecule has 0 amide bonds. The molecule has 17 heavy (non-hydrogen) atoms. The van der Waals surface area contributed by atoms with Crippen LogP contribution in [-0.2, 0) is 9.84 Å². The molecule has 2 atom stereocenters. The van der Waals surface area contributed by atoms with Crippen LogP contribution in [0.25, 0.3) is 0 Å². The number of hydrogen-bond donors (Lipinski definition) is 1. The van der Waals surface area contributed by atoms with Crippen molar-refractivity contribution in [3.05, 3.63) is 0 Å². The third-order valence-electron chi connectivity index (χ3n) is 4.07. The molecule has 1 rings (SSSR count). The average molecular weight is 262 g/mol. The largest absolute Gasteiger partial charge is 0.393 e. The van der Waals surface area contributed by atoms with E-state index in [4.69, 9.17) is 0 Å². The van der Waals surface area contributed by atoms with E-state index < -0.39 is 9.84 Å². The van der Waals surface area contributed by atoms with Crippen LogP contribution in [0.1, 0.15) is 52.4 Å². The van der Waals surface area contributed by atoms with Crippen LogP contribution in [-0.4, -0.2) is 31.6 Å². The molecule has 1 aliphatic carbocycles. The summed E-state index contributed by atoms with van der Waals surface area (Å²) < 4.78 is 22.1. The lowest BCUT2D eigenvalue weighted by atomic mass is 9.66. The van der Waals surface area contributed by atoms with Crippen LogP contribution in [0.4, 0.5) is 0 Å². The van der Waals surface area contributed by atoms with Crippen molar-refractivity contribution >= 4 is 9.84 Å². The Labute approximate surface area is 106 Å². The Morgan fingerprint density at radius 2 is 2.00 bits per heavy atom. The molecule has 0 saturated heterocycles. The standard InChI is InChI=1S/C13H26O3S/c1-13(2)9-5-4-7-11(13)12(14)8-6-10-17(3,15)16/h11-12,14H,4-10H2,1-3H3. The van der Waals surface area contributed by atoms with E-state index in [1.807, 2.05) is 0 Å². The number of aliphatic hydroxyl groups is 1. The second-order valence-electron chi connectivity index (χ2n) is 6.18. The smallest absolute Gasteiger partial charge is 0.147 e. The van der Waals surface area contributed by atoms with Gasteiger partial charge in [-0.3, -0.25) is 0 Å². The molecule has 0 heterocycles. The summed E-state index contributed by atoms with van der Waals surface area (Å²) in [7, 11) is -2.89. The Morgan fingerprint density at radius 3 is 2.53 bits per heavy atom. The van der Waals surface area contributed by atoms with Gasteiger partial charge in [0.25, 0.3) is 0 Å². The van der Waals surface area contributed by atoms with E-state index in [-0.39, 0.29) is 17.3 Å². The highest BCUT2D eigenvalue weighted by molar-refractivity contribution is 7.90. The van der Waals surface area contributed by atoms with Crippen LogP contribution < -0.4 is 0 Å². The summed E-state index contributed by atoms with van der Waals surface area (Å²) in [6, 6.07) is 0. The van der Waals surface area contributed by atoms with E-state index in [1.165, 1.54) is 25.5 Å². The maximum Gasteiger partial charge on any atom is 0.147 e. The third kappa shape index (κ3) is 4.96. The van der Waals surface area contributed by atoms with E-state index in [9.17, 15) is 13.5 Å². The molecule has 1 fully saturated rings. The van der Waals surface area contributed by atoms with Gasteiger partial charge in [0.05, 0.1) is 6.10 Å². The van der Waals surface area contributed by atoms with Gasteiger partial charge in [-0.2, -0.15) is 0 Å². The molecule has 1 saturated carbocycles. The molecule has 3 nitrogen and oxygen atoms in total. The van der Waals surface area contributed by atoms with E-state index in [0.717, 1.165) is 6.42 Å². The van der Waals surface area contributed by atoms with Crippen LogP contribution >= 0.6 is 0 Å². The van der Waals surface area contributed by atoms with Crippen molar-refractivity contribution in [2.45, 2.75) is 58.5 Å². The predicted octanol–water partition coefficient (Wildman–Crippen LogP) is 2.39. The predicted molar refractivity (Wildman–Crippen MR) is 70.7 cm³/mol. The second kappa shape index (κ2) is 5.70. The fourth-order valence-electron chi connectivity index (χ4n) is 2.99. The van der Waals surface area contributed by atoms with Gasteiger partial charge in [0.2, 0.25) is 0 Å².